The Kier molecular flexibility index (Phi) is 5.83. The zero-order valence-corrected chi connectivity index (χ0v) is 11.2. The number of hydrogen-bond donors (Lipinski definition) is 2. The van der Waals surface area contributed by atoms with Gasteiger partial charge < -0.3 is 15.8 Å². The number of ether oxygens (including phenoxy) is 1. The zero-order valence-electron chi connectivity index (χ0n) is 10.4. The van der Waals surface area contributed by atoms with E-state index in [0.29, 0.717) is 10.6 Å². The zero-order chi connectivity index (χ0) is 12.7. The minimum absolute atomic E-state index is 0.369. The van der Waals surface area contributed by atoms with Crippen LogP contribution in [0.3, 0.4) is 0 Å². The van der Waals surface area contributed by atoms with Gasteiger partial charge >= 0.3 is 5.97 Å². The molecule has 0 aliphatic rings. The van der Waals surface area contributed by atoms with Gasteiger partial charge in [0.1, 0.15) is 4.88 Å². The molecule has 1 rings (SSSR count). The van der Waals surface area contributed by atoms with Crippen molar-refractivity contribution < 1.29 is 9.53 Å². The Labute approximate surface area is 106 Å². The van der Waals surface area contributed by atoms with Gasteiger partial charge in [-0.25, -0.2) is 4.79 Å². The van der Waals surface area contributed by atoms with Crippen LogP contribution in [0.15, 0.2) is 6.07 Å². The third-order valence-corrected chi connectivity index (χ3v) is 3.55. The molecule has 0 bridgehead atoms. The molecule has 0 atom stereocenters. The van der Waals surface area contributed by atoms with Crippen LogP contribution in [0, 0.1) is 0 Å². The molecule has 0 unspecified atom stereocenters. The van der Waals surface area contributed by atoms with Crippen molar-refractivity contribution in [3.05, 3.63) is 10.9 Å². The second kappa shape index (κ2) is 7.17. The maximum Gasteiger partial charge on any atom is 0.350 e. The standard InChI is InChI=1S/C12H20N2O2S/c1-3-4-5-6-7-14-10-8-9(13)11(17-10)12(15)16-2/h8,14H,3-7,13H2,1-2H3. The SMILES string of the molecule is CCCCCCNc1cc(N)c(C(=O)OC)s1. The van der Waals surface area contributed by atoms with E-state index in [4.69, 9.17) is 5.73 Å². The molecule has 17 heavy (non-hydrogen) atoms. The first-order chi connectivity index (χ1) is 8.19. The smallest absolute Gasteiger partial charge is 0.350 e. The summed E-state index contributed by atoms with van der Waals surface area (Å²) < 4.78 is 4.65. The fraction of sp³-hybridized carbons (Fsp3) is 0.583. The van der Waals surface area contributed by atoms with E-state index in [9.17, 15) is 4.79 Å². The predicted molar refractivity (Wildman–Crippen MR) is 72.7 cm³/mol. The van der Waals surface area contributed by atoms with Gasteiger partial charge in [0.05, 0.1) is 17.8 Å². The van der Waals surface area contributed by atoms with E-state index < -0.39 is 0 Å². The van der Waals surface area contributed by atoms with Gasteiger partial charge in [0.15, 0.2) is 0 Å². The summed E-state index contributed by atoms with van der Waals surface area (Å²) in [6.45, 7) is 3.11. The molecule has 1 heterocycles. The van der Waals surface area contributed by atoms with Crippen molar-refractivity contribution in [3.8, 4) is 0 Å². The Morgan fingerprint density at radius 1 is 1.47 bits per heavy atom. The Hall–Kier alpha value is -1.23. The van der Waals surface area contributed by atoms with Crippen LogP contribution in [0.1, 0.15) is 42.3 Å². The van der Waals surface area contributed by atoms with Gasteiger partial charge in [0.25, 0.3) is 0 Å². The van der Waals surface area contributed by atoms with Crippen molar-refractivity contribution in [2.75, 3.05) is 24.7 Å². The van der Waals surface area contributed by atoms with Crippen molar-refractivity contribution in [1.82, 2.24) is 0 Å². The summed E-state index contributed by atoms with van der Waals surface area (Å²) in [6, 6.07) is 1.79. The number of anilines is 2. The summed E-state index contributed by atoms with van der Waals surface area (Å²) >= 11 is 1.35. The summed E-state index contributed by atoms with van der Waals surface area (Å²) in [5.41, 5.74) is 6.22. The molecule has 0 radical (unpaired) electrons. The fourth-order valence-corrected chi connectivity index (χ4v) is 2.43. The molecule has 0 fully saturated rings. The minimum atomic E-state index is -0.369. The third kappa shape index (κ3) is 4.26. The monoisotopic (exact) mass is 256 g/mol. The van der Waals surface area contributed by atoms with Gasteiger partial charge in [-0.05, 0) is 12.5 Å². The van der Waals surface area contributed by atoms with E-state index in [1.54, 1.807) is 6.07 Å². The highest BCUT2D eigenvalue weighted by Gasteiger charge is 2.14. The number of nitrogen functional groups attached to an aromatic ring is 1. The molecule has 0 spiro atoms. The molecule has 0 saturated carbocycles. The molecular weight excluding hydrogens is 236 g/mol. The summed E-state index contributed by atoms with van der Waals surface area (Å²) in [7, 11) is 1.36. The lowest BCUT2D eigenvalue weighted by Gasteiger charge is -2.02. The Bertz CT molecular complexity index is 363. The number of thiophene rings is 1. The highest BCUT2D eigenvalue weighted by atomic mass is 32.1. The van der Waals surface area contributed by atoms with E-state index in [1.807, 2.05) is 0 Å². The molecule has 3 N–H and O–H groups in total. The second-order valence-electron chi connectivity index (χ2n) is 3.87. The average Bonchev–Trinajstić information content (AvgIpc) is 2.69. The van der Waals surface area contributed by atoms with Crippen molar-refractivity contribution in [2.24, 2.45) is 0 Å². The lowest BCUT2D eigenvalue weighted by Crippen LogP contribution is -2.01. The number of rotatable bonds is 7. The number of carbonyl (C=O) groups is 1. The Morgan fingerprint density at radius 2 is 2.24 bits per heavy atom. The van der Waals surface area contributed by atoms with Gasteiger partial charge in [-0.2, -0.15) is 0 Å². The van der Waals surface area contributed by atoms with E-state index >= 15 is 0 Å². The lowest BCUT2D eigenvalue weighted by molar-refractivity contribution is 0.0607. The first kappa shape index (κ1) is 13.8. The minimum Gasteiger partial charge on any atom is -0.465 e. The van der Waals surface area contributed by atoms with Crippen molar-refractivity contribution >= 4 is 28.0 Å². The fourth-order valence-electron chi connectivity index (χ4n) is 1.51. The molecule has 0 aliphatic heterocycles. The van der Waals surface area contributed by atoms with E-state index in [1.165, 1.54) is 37.7 Å². The quantitative estimate of drug-likeness (QED) is 0.581. The van der Waals surface area contributed by atoms with Gasteiger partial charge in [0, 0.05) is 6.54 Å². The van der Waals surface area contributed by atoms with Crippen LogP contribution in [0.25, 0.3) is 0 Å². The first-order valence-corrected chi connectivity index (χ1v) is 6.72. The molecule has 0 saturated heterocycles. The molecule has 0 aliphatic carbocycles. The van der Waals surface area contributed by atoms with Crippen molar-refractivity contribution in [1.29, 1.82) is 0 Å². The van der Waals surface area contributed by atoms with Gasteiger partial charge in [-0.3, -0.25) is 0 Å². The van der Waals surface area contributed by atoms with Crippen LogP contribution in [-0.4, -0.2) is 19.6 Å². The molecular formula is C12H20N2O2S. The molecule has 5 heteroatoms. The molecule has 0 amide bonds. The summed E-state index contributed by atoms with van der Waals surface area (Å²) in [4.78, 5) is 11.8. The van der Waals surface area contributed by atoms with Crippen LogP contribution in [0.5, 0.6) is 0 Å². The summed E-state index contributed by atoms with van der Waals surface area (Å²) in [5, 5.41) is 4.20. The topological polar surface area (TPSA) is 64.3 Å². The van der Waals surface area contributed by atoms with Crippen molar-refractivity contribution in [3.63, 3.8) is 0 Å². The normalized spacial score (nSPS) is 10.2. The first-order valence-electron chi connectivity index (χ1n) is 5.90. The van der Waals surface area contributed by atoms with Gasteiger partial charge in [-0.15, -0.1) is 11.3 Å². The average molecular weight is 256 g/mol. The Morgan fingerprint density at radius 3 is 2.88 bits per heavy atom. The number of carbonyl (C=O) groups excluding carboxylic acids is 1. The van der Waals surface area contributed by atoms with Crippen molar-refractivity contribution in [2.45, 2.75) is 32.6 Å². The number of nitrogens with two attached hydrogens (primary N) is 1. The van der Waals surface area contributed by atoms with Crippen LogP contribution < -0.4 is 11.1 Å². The Balaban J connectivity index is 2.42. The maximum atomic E-state index is 11.3. The number of nitrogens with one attached hydrogen (secondary N) is 1. The second-order valence-corrected chi connectivity index (χ2v) is 4.93. The molecule has 0 aromatic carbocycles. The largest absolute Gasteiger partial charge is 0.465 e. The van der Waals surface area contributed by atoms with Gasteiger partial charge in [-0.1, -0.05) is 26.2 Å². The molecule has 4 nitrogen and oxygen atoms in total. The van der Waals surface area contributed by atoms with E-state index in [2.05, 4.69) is 17.0 Å². The molecule has 96 valence electrons. The number of unbranched alkanes of at least 4 members (excludes halogenated alkanes) is 3. The third-order valence-electron chi connectivity index (χ3n) is 2.46. The number of esters is 1. The number of hydrogen-bond acceptors (Lipinski definition) is 5. The lowest BCUT2D eigenvalue weighted by atomic mass is 10.2. The van der Waals surface area contributed by atoms with Crippen LogP contribution in [0.4, 0.5) is 10.7 Å². The summed E-state index contributed by atoms with van der Waals surface area (Å²) in [6.07, 6.45) is 4.87. The summed E-state index contributed by atoms with van der Waals surface area (Å²) in [5.74, 6) is -0.369. The van der Waals surface area contributed by atoms with E-state index in [-0.39, 0.29) is 5.97 Å². The molecule has 1 aromatic rings. The van der Waals surface area contributed by atoms with Gasteiger partial charge in [0.2, 0.25) is 0 Å². The van der Waals surface area contributed by atoms with Crippen LogP contribution in [0.2, 0.25) is 0 Å². The maximum absolute atomic E-state index is 11.3. The highest BCUT2D eigenvalue weighted by Crippen LogP contribution is 2.29. The van der Waals surface area contributed by atoms with Crippen LogP contribution >= 0.6 is 11.3 Å². The van der Waals surface area contributed by atoms with Crippen LogP contribution in [-0.2, 0) is 4.74 Å². The molecule has 1 aromatic heterocycles. The number of methoxy groups -OCH3 is 1. The van der Waals surface area contributed by atoms with E-state index in [0.717, 1.165) is 18.0 Å². The highest BCUT2D eigenvalue weighted by molar-refractivity contribution is 7.18. The predicted octanol–water partition coefficient (Wildman–Crippen LogP) is 3.11.